The van der Waals surface area contributed by atoms with Gasteiger partial charge in [0.15, 0.2) is 0 Å². The van der Waals surface area contributed by atoms with Gasteiger partial charge in [-0.2, -0.15) is 13.2 Å². The second kappa shape index (κ2) is 7.72. The van der Waals surface area contributed by atoms with E-state index in [1.165, 1.54) is 19.2 Å². The van der Waals surface area contributed by atoms with Crippen LogP contribution in [-0.4, -0.2) is 19.7 Å². The number of urea groups is 1. The Morgan fingerprint density at radius 2 is 1.75 bits per heavy atom. The van der Waals surface area contributed by atoms with Crippen LogP contribution in [0.4, 0.5) is 23.7 Å². The summed E-state index contributed by atoms with van der Waals surface area (Å²) < 4.78 is 42.5. The maximum Gasteiger partial charge on any atom is 0.416 e. The van der Waals surface area contributed by atoms with E-state index in [0.29, 0.717) is 30.0 Å². The number of amides is 2. The molecule has 2 rings (SSSR count). The molecule has 2 N–H and O–H groups in total. The third kappa shape index (κ3) is 4.91. The summed E-state index contributed by atoms with van der Waals surface area (Å²) in [6.07, 6.45) is -3.91. The number of hydrogen-bond donors (Lipinski definition) is 2. The molecular formula is C17H17F3N2O2. The average molecular weight is 338 g/mol. The molecule has 0 fully saturated rings. The molecule has 0 atom stereocenters. The Morgan fingerprint density at radius 1 is 1.08 bits per heavy atom. The number of nitrogens with one attached hydrogen (secondary N) is 2. The van der Waals surface area contributed by atoms with Gasteiger partial charge in [0, 0.05) is 6.54 Å². The lowest BCUT2D eigenvalue weighted by Crippen LogP contribution is -2.30. The molecule has 2 aromatic rings. The third-order valence-electron chi connectivity index (χ3n) is 3.34. The molecular weight excluding hydrogens is 321 g/mol. The molecule has 0 saturated carbocycles. The Balaban J connectivity index is 1.82. The van der Waals surface area contributed by atoms with Crippen LogP contribution in [0.3, 0.4) is 0 Å². The molecule has 0 aliphatic heterocycles. The maximum absolute atomic E-state index is 12.5. The largest absolute Gasteiger partial charge is 0.495 e. The lowest BCUT2D eigenvalue weighted by molar-refractivity contribution is -0.137. The lowest BCUT2D eigenvalue weighted by Gasteiger charge is -2.11. The topological polar surface area (TPSA) is 50.4 Å². The Bertz CT molecular complexity index is 685. The van der Waals surface area contributed by atoms with Gasteiger partial charge in [-0.05, 0) is 36.2 Å². The molecule has 0 aromatic heterocycles. The molecule has 0 spiro atoms. The van der Waals surface area contributed by atoms with Crippen LogP contribution in [-0.2, 0) is 12.6 Å². The number of hydrogen-bond acceptors (Lipinski definition) is 2. The smallest absolute Gasteiger partial charge is 0.416 e. The minimum atomic E-state index is -4.34. The van der Waals surface area contributed by atoms with Crippen LogP contribution in [0.15, 0.2) is 48.5 Å². The van der Waals surface area contributed by atoms with Gasteiger partial charge >= 0.3 is 12.2 Å². The van der Waals surface area contributed by atoms with Crippen molar-refractivity contribution in [3.05, 3.63) is 59.7 Å². The van der Waals surface area contributed by atoms with Gasteiger partial charge in [0.25, 0.3) is 0 Å². The van der Waals surface area contributed by atoms with Crippen LogP contribution >= 0.6 is 0 Å². The first kappa shape index (κ1) is 17.7. The van der Waals surface area contributed by atoms with Gasteiger partial charge in [-0.3, -0.25) is 0 Å². The molecule has 128 valence electrons. The monoisotopic (exact) mass is 338 g/mol. The number of anilines is 1. The van der Waals surface area contributed by atoms with E-state index in [1.54, 1.807) is 24.3 Å². The van der Waals surface area contributed by atoms with Crippen molar-refractivity contribution in [2.24, 2.45) is 0 Å². The van der Waals surface area contributed by atoms with Crippen molar-refractivity contribution in [1.29, 1.82) is 0 Å². The number of methoxy groups -OCH3 is 1. The highest BCUT2D eigenvalue weighted by Crippen LogP contribution is 2.29. The van der Waals surface area contributed by atoms with E-state index in [0.717, 1.165) is 12.1 Å². The highest BCUT2D eigenvalue weighted by atomic mass is 19.4. The molecule has 0 aliphatic carbocycles. The lowest BCUT2D eigenvalue weighted by atomic mass is 10.1. The van der Waals surface area contributed by atoms with Gasteiger partial charge in [-0.15, -0.1) is 0 Å². The van der Waals surface area contributed by atoms with Crippen molar-refractivity contribution < 1.29 is 22.7 Å². The summed E-state index contributed by atoms with van der Waals surface area (Å²) in [6, 6.07) is 11.4. The minimum Gasteiger partial charge on any atom is -0.495 e. The first-order valence-corrected chi connectivity index (χ1v) is 7.24. The van der Waals surface area contributed by atoms with Crippen LogP contribution in [0.1, 0.15) is 11.1 Å². The fourth-order valence-corrected chi connectivity index (χ4v) is 2.10. The summed E-state index contributed by atoms with van der Waals surface area (Å²) in [5.41, 5.74) is 0.556. The predicted molar refractivity (Wildman–Crippen MR) is 85.2 cm³/mol. The van der Waals surface area contributed by atoms with E-state index in [4.69, 9.17) is 4.74 Å². The summed E-state index contributed by atoms with van der Waals surface area (Å²) in [7, 11) is 1.50. The Kier molecular flexibility index (Phi) is 5.68. The second-order valence-corrected chi connectivity index (χ2v) is 5.03. The Labute approximate surface area is 137 Å². The van der Waals surface area contributed by atoms with E-state index in [1.807, 2.05) is 0 Å². The molecule has 7 heteroatoms. The van der Waals surface area contributed by atoms with E-state index in [9.17, 15) is 18.0 Å². The summed E-state index contributed by atoms with van der Waals surface area (Å²) in [5, 5.41) is 5.30. The molecule has 24 heavy (non-hydrogen) atoms. The fraction of sp³-hybridized carbons (Fsp3) is 0.235. The number of carbonyl (C=O) groups excluding carboxylic acids is 1. The fourth-order valence-electron chi connectivity index (χ4n) is 2.10. The van der Waals surface area contributed by atoms with E-state index >= 15 is 0 Å². The number of carbonyl (C=O) groups is 1. The van der Waals surface area contributed by atoms with Gasteiger partial charge in [0.05, 0.1) is 18.4 Å². The quantitative estimate of drug-likeness (QED) is 0.863. The molecule has 4 nitrogen and oxygen atoms in total. The minimum absolute atomic E-state index is 0.298. The van der Waals surface area contributed by atoms with Crippen molar-refractivity contribution in [2.75, 3.05) is 19.0 Å². The van der Waals surface area contributed by atoms with Crippen LogP contribution in [0, 0.1) is 0 Å². The van der Waals surface area contributed by atoms with Gasteiger partial charge in [-0.25, -0.2) is 4.79 Å². The van der Waals surface area contributed by atoms with Gasteiger partial charge in [0.2, 0.25) is 0 Å². The molecule has 0 unspecified atom stereocenters. The number of alkyl halides is 3. The highest BCUT2D eigenvalue weighted by molar-refractivity contribution is 5.90. The van der Waals surface area contributed by atoms with Crippen LogP contribution in [0.25, 0.3) is 0 Å². The van der Waals surface area contributed by atoms with Crippen molar-refractivity contribution in [3.8, 4) is 5.75 Å². The van der Waals surface area contributed by atoms with Crippen LogP contribution < -0.4 is 15.4 Å². The molecule has 0 heterocycles. The van der Waals surface area contributed by atoms with Crippen LogP contribution in [0.2, 0.25) is 0 Å². The van der Waals surface area contributed by atoms with Gasteiger partial charge in [-0.1, -0.05) is 24.3 Å². The molecule has 0 bridgehead atoms. The van der Waals surface area contributed by atoms with E-state index < -0.39 is 17.8 Å². The zero-order chi connectivity index (χ0) is 17.6. The maximum atomic E-state index is 12.5. The summed E-state index contributed by atoms with van der Waals surface area (Å²) in [6.45, 7) is 0.298. The van der Waals surface area contributed by atoms with Gasteiger partial charge in [0.1, 0.15) is 5.75 Å². The SMILES string of the molecule is COc1ccccc1NC(=O)NCCc1ccc(C(F)(F)F)cc1. The molecule has 2 aromatic carbocycles. The zero-order valence-electron chi connectivity index (χ0n) is 13.0. The average Bonchev–Trinajstić information content (AvgIpc) is 2.55. The number of benzene rings is 2. The molecule has 0 aliphatic rings. The van der Waals surface area contributed by atoms with Crippen molar-refractivity contribution in [2.45, 2.75) is 12.6 Å². The van der Waals surface area contributed by atoms with Crippen molar-refractivity contribution in [1.82, 2.24) is 5.32 Å². The molecule has 0 radical (unpaired) electrons. The number of ether oxygens (including phenoxy) is 1. The number of halogens is 3. The summed E-state index contributed by atoms with van der Waals surface area (Å²) in [4.78, 5) is 11.8. The zero-order valence-corrected chi connectivity index (χ0v) is 13.0. The molecule has 0 saturated heterocycles. The second-order valence-electron chi connectivity index (χ2n) is 5.03. The van der Waals surface area contributed by atoms with Crippen molar-refractivity contribution in [3.63, 3.8) is 0 Å². The first-order valence-electron chi connectivity index (χ1n) is 7.24. The van der Waals surface area contributed by atoms with Crippen molar-refractivity contribution >= 4 is 11.7 Å². The van der Waals surface area contributed by atoms with E-state index in [-0.39, 0.29) is 0 Å². The Hall–Kier alpha value is -2.70. The summed E-state index contributed by atoms with van der Waals surface area (Å²) in [5.74, 6) is 0.537. The Morgan fingerprint density at radius 3 is 2.38 bits per heavy atom. The van der Waals surface area contributed by atoms with E-state index in [2.05, 4.69) is 10.6 Å². The highest BCUT2D eigenvalue weighted by Gasteiger charge is 2.29. The third-order valence-corrected chi connectivity index (χ3v) is 3.34. The number of rotatable bonds is 5. The molecule has 2 amide bonds. The predicted octanol–water partition coefficient (Wildman–Crippen LogP) is 4.08. The standard InChI is InChI=1S/C17H17F3N2O2/c1-24-15-5-3-2-4-14(15)22-16(23)21-11-10-12-6-8-13(9-7-12)17(18,19)20/h2-9H,10-11H2,1H3,(H2,21,22,23). The number of para-hydroxylation sites is 2. The normalized spacial score (nSPS) is 11.0. The van der Waals surface area contributed by atoms with Gasteiger partial charge < -0.3 is 15.4 Å². The summed E-state index contributed by atoms with van der Waals surface area (Å²) >= 11 is 0. The first-order chi connectivity index (χ1) is 11.4. The van der Waals surface area contributed by atoms with Crippen LogP contribution in [0.5, 0.6) is 5.75 Å².